The second kappa shape index (κ2) is 49.3. The van der Waals surface area contributed by atoms with E-state index in [-0.39, 0.29) is 46.1 Å². The number of halogens is 7. The number of hydrogen-bond donors (Lipinski definition) is 6. The van der Waals surface area contributed by atoms with Crippen LogP contribution in [0.2, 0.25) is 0 Å². The van der Waals surface area contributed by atoms with Gasteiger partial charge in [0.25, 0.3) is 11.4 Å². The van der Waals surface area contributed by atoms with Gasteiger partial charge in [-0.2, -0.15) is 0 Å². The molecule has 97 heavy (non-hydrogen) atoms. The van der Waals surface area contributed by atoms with Gasteiger partial charge in [-0.05, 0) is 109 Å². The third kappa shape index (κ3) is 33.8. The van der Waals surface area contributed by atoms with E-state index in [0.717, 1.165) is 35.4 Å². The van der Waals surface area contributed by atoms with Crippen LogP contribution in [-0.4, -0.2) is 109 Å². The molecule has 0 aliphatic heterocycles. The number of nitrogens with zero attached hydrogens (tertiary/aromatic N) is 9. The zero-order valence-electron chi connectivity index (χ0n) is 53.4. The van der Waals surface area contributed by atoms with Crippen molar-refractivity contribution >= 4 is 111 Å². The molecule has 0 aliphatic carbocycles. The number of imidazole rings is 2. The first kappa shape index (κ1) is 87.8. The van der Waals surface area contributed by atoms with Crippen LogP contribution in [0.1, 0.15) is 29.2 Å². The van der Waals surface area contributed by atoms with E-state index >= 15 is 0 Å². The molecule has 518 valence electrons. The third-order valence-electron chi connectivity index (χ3n) is 12.1. The van der Waals surface area contributed by atoms with Crippen LogP contribution in [0, 0.1) is 49.3 Å². The van der Waals surface area contributed by atoms with Gasteiger partial charge in [-0.3, -0.25) is 29.4 Å². The summed E-state index contributed by atoms with van der Waals surface area (Å²) in [4.78, 5) is 32.4. The fourth-order valence-electron chi connectivity index (χ4n) is 7.89. The summed E-state index contributed by atoms with van der Waals surface area (Å²) in [5.41, 5.74) is 17.3. The van der Waals surface area contributed by atoms with Crippen LogP contribution in [0.5, 0.6) is 0 Å². The second-order valence-corrected chi connectivity index (χ2v) is 24.3. The fraction of sp³-hybridized carbons (Fsp3) is 0.152. The van der Waals surface area contributed by atoms with Gasteiger partial charge in [0.05, 0.1) is 39.0 Å². The normalized spacial score (nSPS) is 9.45. The average molecular weight is 1530 g/mol. The minimum atomic E-state index is -1.21. The predicted octanol–water partition coefficient (Wildman–Crippen LogP) is 13.1. The van der Waals surface area contributed by atoms with E-state index in [2.05, 4.69) is 32.7 Å². The number of benzene rings is 8. The molecule has 2 aromatic heterocycles. The van der Waals surface area contributed by atoms with Gasteiger partial charge in [-0.15, -0.1) is 0 Å². The summed E-state index contributed by atoms with van der Waals surface area (Å²) in [5, 5.41) is 34.7. The number of nitro groups is 2. The minimum absolute atomic E-state index is 0. The molecule has 0 bridgehead atoms. The number of rotatable bonds is 14. The van der Waals surface area contributed by atoms with E-state index in [1.807, 2.05) is 140 Å². The zero-order valence-corrected chi connectivity index (χ0v) is 59.4. The van der Waals surface area contributed by atoms with Gasteiger partial charge < -0.3 is 59.0 Å². The third-order valence-corrected chi connectivity index (χ3v) is 12.7. The molecule has 31 heteroatoms. The SMILES string of the molecule is CCO.CN(Cc1ccccc1)c1ccc(N)cc1F.CN(Cc1ccccc1)c1ccc(NC(N)=S)cc1F.CN(Cc1ccccc1)c1ccc([N+](=O)[O-])cc1F.CNCc1ccccc1.N.O.O.O=[N+]([O-])c1ccc(F)c(F)c1.S=C(n1ccnc1)n1ccnc1.[Cl][Sn][Cl]. The molecule has 10 aromatic rings. The Morgan fingerprint density at radius 1 is 0.567 bits per heavy atom. The first-order valence-corrected chi connectivity index (χ1v) is 36.1. The molecule has 0 saturated heterocycles. The molecule has 0 aliphatic rings. The number of thiocarbonyl (C=S) groups is 2. The Morgan fingerprint density at radius 3 is 1.23 bits per heavy atom. The van der Waals surface area contributed by atoms with Crippen molar-refractivity contribution in [2.24, 2.45) is 5.73 Å². The van der Waals surface area contributed by atoms with Crippen molar-refractivity contribution in [2.75, 3.05) is 60.5 Å². The van der Waals surface area contributed by atoms with Crippen LogP contribution in [0.25, 0.3) is 0 Å². The molecule has 0 spiro atoms. The number of nitrogen functional groups attached to an aromatic ring is 1. The number of nitrogens with two attached hydrogens (primary N) is 2. The number of non-ortho nitro benzene ring substituents is 2. The number of anilines is 5. The molecule has 0 fully saturated rings. The van der Waals surface area contributed by atoms with Crippen LogP contribution in [0.3, 0.4) is 0 Å². The van der Waals surface area contributed by atoms with E-state index in [1.54, 1.807) is 89.7 Å². The number of nitro benzene ring substituents is 2. The molecule has 14 N–H and O–H groups in total. The summed E-state index contributed by atoms with van der Waals surface area (Å²) >= 11 is 9.04. The van der Waals surface area contributed by atoms with E-state index in [9.17, 15) is 42.2 Å². The van der Waals surface area contributed by atoms with E-state index < -0.39 is 51.9 Å². The van der Waals surface area contributed by atoms with Gasteiger partial charge in [0.2, 0.25) is 0 Å². The predicted molar refractivity (Wildman–Crippen MR) is 389 cm³/mol. The monoisotopic (exact) mass is 1530 g/mol. The number of aromatic nitrogens is 4. The van der Waals surface area contributed by atoms with Crippen LogP contribution in [0.15, 0.2) is 232 Å². The first-order chi connectivity index (χ1) is 45.0. The van der Waals surface area contributed by atoms with E-state index in [0.29, 0.717) is 65.3 Å². The Kier molecular flexibility index (Phi) is 44.6. The second-order valence-electron chi connectivity index (χ2n) is 19.3. The molecule has 21 nitrogen and oxygen atoms in total. The van der Waals surface area contributed by atoms with Crippen molar-refractivity contribution in [1.29, 1.82) is 0 Å². The van der Waals surface area contributed by atoms with Gasteiger partial charge in [0, 0.05) is 102 Å². The molecule has 2 heterocycles. The average Bonchev–Trinajstić information content (AvgIpc) is 1.59. The van der Waals surface area contributed by atoms with Gasteiger partial charge >= 0.3 is 36.7 Å². The van der Waals surface area contributed by atoms with E-state index in [1.165, 1.54) is 29.8 Å². The summed E-state index contributed by atoms with van der Waals surface area (Å²) in [6.45, 7) is 4.73. The van der Waals surface area contributed by atoms with Crippen LogP contribution < -0.4 is 43.0 Å². The van der Waals surface area contributed by atoms with E-state index in [4.69, 9.17) is 58.9 Å². The maximum absolute atomic E-state index is 14.1. The molecular formula is C66H77Cl2F5N14O7S2Sn. The molecule has 8 aromatic carbocycles. The summed E-state index contributed by atoms with van der Waals surface area (Å²) in [6, 6.07) is 55.3. The zero-order chi connectivity index (χ0) is 69.4. The summed E-state index contributed by atoms with van der Waals surface area (Å²) in [5.74, 6) is -3.49. The molecule has 0 atom stereocenters. The Labute approximate surface area is 588 Å². The number of aliphatic hydroxyl groups is 1. The van der Waals surface area contributed by atoms with Crippen molar-refractivity contribution in [3.63, 3.8) is 0 Å². The summed E-state index contributed by atoms with van der Waals surface area (Å²) < 4.78 is 69.5. The molecule has 0 unspecified atom stereocenters. The Hall–Kier alpha value is -9.21. The number of aliphatic hydroxyl groups excluding tert-OH is 1. The Balaban J connectivity index is 0.00000113. The first-order valence-electron chi connectivity index (χ1n) is 28.0. The van der Waals surface area contributed by atoms with Gasteiger partial charge in [0.1, 0.15) is 24.3 Å². The van der Waals surface area contributed by atoms with Crippen LogP contribution >= 0.6 is 42.3 Å². The van der Waals surface area contributed by atoms with Crippen molar-refractivity contribution < 1.29 is 47.9 Å². The van der Waals surface area contributed by atoms with Crippen molar-refractivity contribution in [2.45, 2.75) is 33.1 Å². The molecule has 0 saturated carbocycles. The Bertz CT molecular complexity index is 3790. The Morgan fingerprint density at radius 2 is 0.907 bits per heavy atom. The maximum atomic E-state index is 14.1. The quantitative estimate of drug-likeness (QED) is 0.0147. The number of hydrogen-bond acceptors (Lipinski definition) is 15. The van der Waals surface area contributed by atoms with Crippen LogP contribution in [0.4, 0.5) is 61.8 Å². The molecular weight excluding hydrogens is 1450 g/mol. The van der Waals surface area contributed by atoms with Crippen molar-refractivity contribution in [3.05, 3.63) is 303 Å². The van der Waals surface area contributed by atoms with Gasteiger partial charge in [-0.1, -0.05) is 121 Å². The topological polar surface area (TPSA) is 326 Å². The molecule has 0 amide bonds. The number of nitrogens with one attached hydrogen (secondary N) is 2. The van der Waals surface area contributed by atoms with Crippen LogP contribution in [-0.2, 0) is 26.2 Å². The molecule has 2 radical (unpaired) electrons. The van der Waals surface area contributed by atoms with Crippen molar-refractivity contribution in [3.8, 4) is 0 Å². The summed E-state index contributed by atoms with van der Waals surface area (Å²) in [6.07, 6.45) is 10.3. The van der Waals surface area contributed by atoms with Crippen molar-refractivity contribution in [1.82, 2.24) is 30.6 Å². The standard InChI is InChI=1S/C15H16FN3S.C14H13FN2O2.C14H15FN2.C8H11N.C7H6N4S.C6H3F2NO2.C2H6O.2ClH.H3N.2H2O.Sn/c1-19(10-11-5-3-2-4-6-11)14-8-7-12(9-13(14)16)18-15(17)20;1-16(10-11-5-3-2-4-6-11)14-8-7-12(17(18)19)9-13(14)15;1-17(10-11-5-3-2-4-6-11)14-8-7-12(16)9-13(14)15;1-9-7-8-5-3-2-4-6-8;12-7(10-3-1-8-5-10)11-4-2-9-6-11;7-5-2-1-4(9(10)11)3-6(5)8;1-2-3;;;;;;/h2-9H,10H2,1H3,(H3,17,18,20);2-9H,10H2,1H3;2-9H,10,16H2,1H3;2-6,9H,7H2,1H3;1-6H;1-3H;3H,2H2,1H3;2*1H;1H3;2*1H2;/q;;;;;;;;;;;;+2/p-2. The summed E-state index contributed by atoms with van der Waals surface area (Å²) in [7, 11) is 17.3. The fourth-order valence-corrected chi connectivity index (χ4v) is 8.23. The van der Waals surface area contributed by atoms with Gasteiger partial charge in [0.15, 0.2) is 27.7 Å². The van der Waals surface area contributed by atoms with Gasteiger partial charge in [-0.25, -0.2) is 31.9 Å². The molecule has 10 rings (SSSR count).